The summed E-state index contributed by atoms with van der Waals surface area (Å²) in [6, 6.07) is 3.22. The van der Waals surface area contributed by atoms with E-state index in [1.165, 1.54) is 6.20 Å². The summed E-state index contributed by atoms with van der Waals surface area (Å²) >= 11 is 0. The van der Waals surface area contributed by atoms with Crippen molar-refractivity contribution in [3.05, 3.63) is 23.9 Å². The first-order chi connectivity index (χ1) is 8.24. The summed E-state index contributed by atoms with van der Waals surface area (Å²) in [4.78, 5) is 14.6. The highest BCUT2D eigenvalue weighted by Gasteiger charge is 2.02. The third kappa shape index (κ3) is 5.31. The molecule has 17 heavy (non-hydrogen) atoms. The van der Waals surface area contributed by atoms with E-state index >= 15 is 0 Å². The average molecular weight is 238 g/mol. The Morgan fingerprint density at radius 2 is 2.24 bits per heavy atom. The van der Waals surface area contributed by atoms with Crippen LogP contribution >= 0.6 is 0 Å². The lowest BCUT2D eigenvalue weighted by Gasteiger charge is -2.05. The highest BCUT2D eigenvalue weighted by molar-refractivity contribution is 5.87. The largest absolute Gasteiger partial charge is 0.478 e. The summed E-state index contributed by atoms with van der Waals surface area (Å²) < 4.78 is 4.95. The van der Waals surface area contributed by atoms with Gasteiger partial charge in [0.2, 0.25) is 0 Å². The zero-order valence-corrected chi connectivity index (χ0v) is 9.98. The zero-order valence-electron chi connectivity index (χ0n) is 9.98. The van der Waals surface area contributed by atoms with Gasteiger partial charge in [-0.3, -0.25) is 0 Å². The van der Waals surface area contributed by atoms with Crippen molar-refractivity contribution in [1.29, 1.82) is 0 Å². The minimum absolute atomic E-state index is 0.204. The first kappa shape index (κ1) is 13.4. The van der Waals surface area contributed by atoms with Crippen molar-refractivity contribution >= 4 is 11.8 Å². The fraction of sp³-hybridized carbons (Fsp3) is 0.500. The number of nitrogens with zero attached hydrogens (tertiary/aromatic N) is 1. The van der Waals surface area contributed by atoms with Crippen molar-refractivity contribution in [2.75, 3.05) is 25.6 Å². The van der Waals surface area contributed by atoms with Crippen LogP contribution in [0.3, 0.4) is 0 Å². The number of pyridine rings is 1. The monoisotopic (exact) mass is 238 g/mol. The van der Waals surface area contributed by atoms with Gasteiger partial charge in [0.15, 0.2) is 0 Å². The molecule has 0 aliphatic heterocycles. The number of unbranched alkanes of at least 4 members (excludes halogenated alkanes) is 2. The maximum Gasteiger partial charge on any atom is 0.337 e. The Balaban J connectivity index is 2.21. The molecule has 0 aliphatic rings. The lowest BCUT2D eigenvalue weighted by atomic mass is 10.2. The Labute approximate surface area is 101 Å². The molecule has 0 aromatic carbocycles. The summed E-state index contributed by atoms with van der Waals surface area (Å²) in [5, 5.41) is 11.8. The summed E-state index contributed by atoms with van der Waals surface area (Å²) in [5.74, 6) is -0.245. The number of carbonyl (C=O) groups is 1. The molecule has 2 N–H and O–H groups in total. The van der Waals surface area contributed by atoms with E-state index in [4.69, 9.17) is 9.84 Å². The lowest BCUT2D eigenvalue weighted by molar-refractivity contribution is 0.0696. The fourth-order valence-corrected chi connectivity index (χ4v) is 1.39. The van der Waals surface area contributed by atoms with E-state index in [2.05, 4.69) is 10.3 Å². The minimum atomic E-state index is -0.955. The number of methoxy groups -OCH3 is 1. The molecule has 0 saturated carbocycles. The van der Waals surface area contributed by atoms with Crippen LogP contribution in [-0.4, -0.2) is 36.3 Å². The molecule has 0 saturated heterocycles. The number of rotatable bonds is 8. The Morgan fingerprint density at radius 1 is 1.41 bits per heavy atom. The van der Waals surface area contributed by atoms with Crippen molar-refractivity contribution in [1.82, 2.24) is 4.98 Å². The SMILES string of the molecule is COCCCCCNc1ccc(C(=O)O)cn1. The number of nitrogens with one attached hydrogen (secondary N) is 1. The summed E-state index contributed by atoms with van der Waals surface area (Å²) in [5.41, 5.74) is 0.204. The Bertz CT molecular complexity index is 338. The fourth-order valence-electron chi connectivity index (χ4n) is 1.39. The van der Waals surface area contributed by atoms with Crippen LogP contribution in [-0.2, 0) is 4.74 Å². The number of carboxylic acids is 1. The number of aromatic nitrogens is 1. The normalized spacial score (nSPS) is 10.2. The van der Waals surface area contributed by atoms with E-state index in [-0.39, 0.29) is 5.56 Å². The summed E-state index contributed by atoms with van der Waals surface area (Å²) in [6.07, 6.45) is 4.57. The van der Waals surface area contributed by atoms with Crippen LogP contribution in [0, 0.1) is 0 Å². The van der Waals surface area contributed by atoms with E-state index < -0.39 is 5.97 Å². The second kappa shape index (κ2) is 7.62. The van der Waals surface area contributed by atoms with Gasteiger partial charge in [-0.15, -0.1) is 0 Å². The van der Waals surface area contributed by atoms with E-state index in [9.17, 15) is 4.79 Å². The summed E-state index contributed by atoms with van der Waals surface area (Å²) in [6.45, 7) is 1.63. The lowest BCUT2D eigenvalue weighted by Crippen LogP contribution is -2.05. The van der Waals surface area contributed by atoms with Crippen LogP contribution in [0.4, 0.5) is 5.82 Å². The number of carboxylic acid groups (broad SMARTS) is 1. The molecule has 1 rings (SSSR count). The molecule has 0 atom stereocenters. The van der Waals surface area contributed by atoms with Gasteiger partial charge in [0, 0.05) is 26.5 Å². The molecule has 1 aromatic heterocycles. The molecule has 0 amide bonds. The molecule has 5 heteroatoms. The molecule has 0 spiro atoms. The molecule has 0 bridgehead atoms. The van der Waals surface area contributed by atoms with Crippen molar-refractivity contribution in [3.8, 4) is 0 Å². The van der Waals surface area contributed by atoms with Gasteiger partial charge < -0.3 is 15.2 Å². The molecule has 0 unspecified atom stereocenters. The molecular weight excluding hydrogens is 220 g/mol. The molecule has 1 heterocycles. The third-order valence-electron chi connectivity index (χ3n) is 2.34. The van der Waals surface area contributed by atoms with E-state index in [1.54, 1.807) is 19.2 Å². The Hall–Kier alpha value is -1.62. The van der Waals surface area contributed by atoms with Crippen molar-refractivity contribution in [3.63, 3.8) is 0 Å². The van der Waals surface area contributed by atoms with Crippen LogP contribution in [0.25, 0.3) is 0 Å². The van der Waals surface area contributed by atoms with Gasteiger partial charge in [0.05, 0.1) is 5.56 Å². The minimum Gasteiger partial charge on any atom is -0.478 e. The number of aromatic carboxylic acids is 1. The molecular formula is C12H18N2O3. The second-order valence-corrected chi connectivity index (χ2v) is 3.72. The highest BCUT2D eigenvalue weighted by atomic mass is 16.5. The predicted molar refractivity (Wildman–Crippen MR) is 65.4 cm³/mol. The van der Waals surface area contributed by atoms with Crippen molar-refractivity contribution < 1.29 is 14.6 Å². The maximum absolute atomic E-state index is 10.6. The molecule has 1 aromatic rings. The number of hydrogen-bond acceptors (Lipinski definition) is 4. The van der Waals surface area contributed by atoms with Gasteiger partial charge in [0.25, 0.3) is 0 Å². The topological polar surface area (TPSA) is 71.5 Å². The standard InChI is InChI=1S/C12H18N2O3/c1-17-8-4-2-3-7-13-11-6-5-10(9-14-11)12(15)16/h5-6,9H,2-4,7-8H2,1H3,(H,13,14)(H,15,16). The van der Waals surface area contributed by atoms with Crippen LogP contribution in [0.2, 0.25) is 0 Å². The van der Waals surface area contributed by atoms with E-state index in [0.29, 0.717) is 5.82 Å². The van der Waals surface area contributed by atoms with E-state index in [1.807, 2.05) is 0 Å². The van der Waals surface area contributed by atoms with E-state index in [0.717, 1.165) is 32.4 Å². The van der Waals surface area contributed by atoms with Crippen LogP contribution in [0.15, 0.2) is 18.3 Å². The maximum atomic E-state index is 10.6. The quantitative estimate of drug-likeness (QED) is 0.678. The number of hydrogen-bond donors (Lipinski definition) is 2. The van der Waals surface area contributed by atoms with Gasteiger partial charge in [-0.2, -0.15) is 0 Å². The highest BCUT2D eigenvalue weighted by Crippen LogP contribution is 2.05. The summed E-state index contributed by atoms with van der Waals surface area (Å²) in [7, 11) is 1.70. The predicted octanol–water partition coefficient (Wildman–Crippen LogP) is 2.01. The van der Waals surface area contributed by atoms with Crippen LogP contribution in [0.5, 0.6) is 0 Å². The Morgan fingerprint density at radius 3 is 2.82 bits per heavy atom. The molecule has 5 nitrogen and oxygen atoms in total. The van der Waals surface area contributed by atoms with Crippen LogP contribution in [0.1, 0.15) is 29.6 Å². The van der Waals surface area contributed by atoms with Crippen molar-refractivity contribution in [2.24, 2.45) is 0 Å². The van der Waals surface area contributed by atoms with Crippen LogP contribution < -0.4 is 5.32 Å². The molecule has 0 aliphatic carbocycles. The van der Waals surface area contributed by atoms with Gasteiger partial charge >= 0.3 is 5.97 Å². The Kier molecular flexibility index (Phi) is 6.03. The van der Waals surface area contributed by atoms with Crippen molar-refractivity contribution in [2.45, 2.75) is 19.3 Å². The van der Waals surface area contributed by atoms with Gasteiger partial charge in [-0.25, -0.2) is 9.78 Å². The molecule has 94 valence electrons. The number of ether oxygens (including phenoxy) is 1. The number of anilines is 1. The average Bonchev–Trinajstić information content (AvgIpc) is 2.34. The van der Waals surface area contributed by atoms with Gasteiger partial charge in [-0.1, -0.05) is 0 Å². The first-order valence-corrected chi connectivity index (χ1v) is 5.66. The molecule has 0 fully saturated rings. The smallest absolute Gasteiger partial charge is 0.337 e. The third-order valence-corrected chi connectivity index (χ3v) is 2.34. The first-order valence-electron chi connectivity index (χ1n) is 5.66. The zero-order chi connectivity index (χ0) is 12.5. The van der Waals surface area contributed by atoms with Gasteiger partial charge in [0.1, 0.15) is 5.82 Å². The van der Waals surface area contributed by atoms with Gasteiger partial charge in [-0.05, 0) is 31.4 Å². The molecule has 0 radical (unpaired) electrons. The second-order valence-electron chi connectivity index (χ2n) is 3.72.